The first-order valence-electron chi connectivity index (χ1n) is 9.43. The average Bonchev–Trinajstić information content (AvgIpc) is 3.15. The Morgan fingerprint density at radius 3 is 2.62 bits per heavy atom. The molecule has 1 aliphatic carbocycles. The van der Waals surface area contributed by atoms with Crippen LogP contribution in [-0.4, -0.2) is 62.3 Å². The van der Waals surface area contributed by atoms with Crippen LogP contribution in [0.4, 0.5) is 0 Å². The molecule has 6 nitrogen and oxygen atoms in total. The zero-order valence-electron chi connectivity index (χ0n) is 15.6. The van der Waals surface area contributed by atoms with Crippen molar-refractivity contribution >= 4 is 27.3 Å². The van der Waals surface area contributed by atoms with E-state index in [-0.39, 0.29) is 11.9 Å². The first-order valence-corrected chi connectivity index (χ1v) is 11.8. The number of amides is 1. The lowest BCUT2D eigenvalue weighted by atomic mass is 9.78. The molecule has 0 spiro atoms. The lowest BCUT2D eigenvalue weighted by Gasteiger charge is -2.36. The Morgan fingerprint density at radius 2 is 1.96 bits per heavy atom. The molecule has 1 saturated carbocycles. The molecular weight excluding hydrogens is 370 g/mol. The predicted molar refractivity (Wildman–Crippen MR) is 104 cm³/mol. The summed E-state index contributed by atoms with van der Waals surface area (Å²) >= 11 is 1.25. The van der Waals surface area contributed by atoms with Gasteiger partial charge in [-0.05, 0) is 29.7 Å². The summed E-state index contributed by atoms with van der Waals surface area (Å²) in [6.07, 6.45) is 3.48. The number of carbonyl (C=O) groups excluding carboxylic acids is 1. The molecule has 1 saturated heterocycles. The first-order chi connectivity index (χ1) is 12.4. The molecule has 26 heavy (non-hydrogen) atoms. The van der Waals surface area contributed by atoms with Gasteiger partial charge in [0.05, 0.1) is 6.54 Å². The van der Waals surface area contributed by atoms with E-state index in [0.29, 0.717) is 48.8 Å². The third-order valence-corrected chi connectivity index (χ3v) is 9.11. The summed E-state index contributed by atoms with van der Waals surface area (Å²) in [5.41, 5.74) is 0. The van der Waals surface area contributed by atoms with Gasteiger partial charge in [0.1, 0.15) is 4.21 Å². The van der Waals surface area contributed by atoms with Gasteiger partial charge in [0, 0.05) is 32.2 Å². The highest BCUT2D eigenvalue weighted by Gasteiger charge is 2.31. The normalized spacial score (nSPS) is 28.8. The van der Waals surface area contributed by atoms with E-state index in [4.69, 9.17) is 0 Å². The number of carbonyl (C=O) groups is 1. The molecule has 1 aromatic rings. The van der Waals surface area contributed by atoms with Gasteiger partial charge in [-0.3, -0.25) is 9.69 Å². The van der Waals surface area contributed by atoms with Crippen molar-refractivity contribution in [1.82, 2.24) is 14.5 Å². The summed E-state index contributed by atoms with van der Waals surface area (Å²) in [4.78, 5) is 14.5. The molecule has 1 aromatic heterocycles. The summed E-state index contributed by atoms with van der Waals surface area (Å²) < 4.78 is 27.0. The van der Waals surface area contributed by atoms with E-state index < -0.39 is 10.0 Å². The molecule has 0 bridgehead atoms. The molecule has 0 aromatic carbocycles. The molecule has 0 radical (unpaired) electrons. The van der Waals surface area contributed by atoms with E-state index in [0.717, 1.165) is 6.42 Å². The SMILES string of the molecule is C[C@@H]1[C@H](C)CCC[C@H]1NC(=O)CN1CCN(S(=O)(=O)c2cccs2)CC1. The predicted octanol–water partition coefficient (Wildman–Crippen LogP) is 2.00. The molecule has 2 heterocycles. The van der Waals surface area contributed by atoms with Crippen LogP contribution in [-0.2, 0) is 14.8 Å². The number of hydrogen-bond donors (Lipinski definition) is 1. The van der Waals surface area contributed by atoms with Gasteiger partial charge in [-0.25, -0.2) is 8.42 Å². The molecule has 2 aliphatic rings. The van der Waals surface area contributed by atoms with Gasteiger partial charge in [-0.1, -0.05) is 32.8 Å². The maximum absolute atomic E-state index is 12.5. The van der Waals surface area contributed by atoms with Crippen LogP contribution in [0.3, 0.4) is 0 Å². The van der Waals surface area contributed by atoms with Crippen molar-refractivity contribution in [3.05, 3.63) is 17.5 Å². The van der Waals surface area contributed by atoms with E-state index in [1.165, 1.54) is 28.5 Å². The highest BCUT2D eigenvalue weighted by molar-refractivity contribution is 7.91. The lowest BCUT2D eigenvalue weighted by molar-refractivity contribution is -0.124. The van der Waals surface area contributed by atoms with Crippen molar-refractivity contribution in [2.45, 2.75) is 43.4 Å². The van der Waals surface area contributed by atoms with Crippen LogP contribution in [0, 0.1) is 11.8 Å². The van der Waals surface area contributed by atoms with Gasteiger partial charge in [-0.15, -0.1) is 11.3 Å². The number of hydrogen-bond acceptors (Lipinski definition) is 5. The Kier molecular flexibility index (Phi) is 6.37. The summed E-state index contributed by atoms with van der Waals surface area (Å²) in [5.74, 6) is 1.23. The zero-order chi connectivity index (χ0) is 18.7. The van der Waals surface area contributed by atoms with Crippen LogP contribution in [0.1, 0.15) is 33.1 Å². The van der Waals surface area contributed by atoms with Crippen LogP contribution >= 0.6 is 11.3 Å². The van der Waals surface area contributed by atoms with Crippen molar-refractivity contribution < 1.29 is 13.2 Å². The van der Waals surface area contributed by atoms with Crippen molar-refractivity contribution in [3.63, 3.8) is 0 Å². The molecule has 2 fully saturated rings. The smallest absolute Gasteiger partial charge is 0.252 e. The maximum atomic E-state index is 12.5. The van der Waals surface area contributed by atoms with Crippen molar-refractivity contribution in [3.8, 4) is 0 Å². The second-order valence-corrected chi connectivity index (χ2v) is 10.7. The van der Waals surface area contributed by atoms with E-state index >= 15 is 0 Å². The Bertz CT molecular complexity index is 697. The molecule has 1 amide bonds. The Balaban J connectivity index is 1.47. The summed E-state index contributed by atoms with van der Waals surface area (Å²) in [7, 11) is -3.38. The Morgan fingerprint density at radius 1 is 1.23 bits per heavy atom. The van der Waals surface area contributed by atoms with E-state index in [1.807, 2.05) is 4.90 Å². The molecule has 8 heteroatoms. The van der Waals surface area contributed by atoms with E-state index in [2.05, 4.69) is 19.2 Å². The number of sulfonamides is 1. The van der Waals surface area contributed by atoms with Crippen LogP contribution in [0.5, 0.6) is 0 Å². The van der Waals surface area contributed by atoms with Crippen LogP contribution in [0.25, 0.3) is 0 Å². The fourth-order valence-corrected chi connectivity index (χ4v) is 6.47. The van der Waals surface area contributed by atoms with Gasteiger partial charge in [0.25, 0.3) is 10.0 Å². The second-order valence-electron chi connectivity index (χ2n) is 7.55. The minimum atomic E-state index is -3.38. The second kappa shape index (κ2) is 8.37. The third kappa shape index (κ3) is 4.47. The molecular formula is C18H29N3O3S2. The average molecular weight is 400 g/mol. The highest BCUT2D eigenvalue weighted by Crippen LogP contribution is 2.29. The Labute approximate surface area is 160 Å². The maximum Gasteiger partial charge on any atom is 0.252 e. The fraction of sp³-hybridized carbons (Fsp3) is 0.722. The number of thiophene rings is 1. The summed E-state index contributed by atoms with van der Waals surface area (Å²) in [6, 6.07) is 3.67. The number of nitrogens with one attached hydrogen (secondary N) is 1. The van der Waals surface area contributed by atoms with Crippen molar-refractivity contribution in [1.29, 1.82) is 0 Å². The topological polar surface area (TPSA) is 69.7 Å². The summed E-state index contributed by atoms with van der Waals surface area (Å²) in [6.45, 7) is 6.89. The molecule has 1 N–H and O–H groups in total. The molecule has 3 rings (SSSR count). The largest absolute Gasteiger partial charge is 0.352 e. The van der Waals surface area contributed by atoms with E-state index in [9.17, 15) is 13.2 Å². The van der Waals surface area contributed by atoms with Gasteiger partial charge < -0.3 is 5.32 Å². The van der Waals surface area contributed by atoms with Crippen molar-refractivity contribution in [2.24, 2.45) is 11.8 Å². The third-order valence-electron chi connectivity index (χ3n) is 5.84. The van der Waals surface area contributed by atoms with Crippen LogP contribution in [0.15, 0.2) is 21.7 Å². The van der Waals surface area contributed by atoms with Crippen LogP contribution < -0.4 is 5.32 Å². The van der Waals surface area contributed by atoms with Gasteiger partial charge in [0.2, 0.25) is 5.91 Å². The molecule has 3 atom stereocenters. The molecule has 146 valence electrons. The standard InChI is InChI=1S/C18H29N3O3S2/c1-14-5-3-6-16(15(14)2)19-17(22)13-20-8-10-21(11-9-20)26(23,24)18-7-4-12-25-18/h4,7,12,14-16H,3,5-6,8-11,13H2,1-2H3,(H,19,22)/t14-,15-,16-/m1/s1. The minimum Gasteiger partial charge on any atom is -0.352 e. The highest BCUT2D eigenvalue weighted by atomic mass is 32.2. The van der Waals surface area contributed by atoms with Crippen LogP contribution in [0.2, 0.25) is 0 Å². The monoisotopic (exact) mass is 399 g/mol. The molecule has 1 aliphatic heterocycles. The summed E-state index contributed by atoms with van der Waals surface area (Å²) in [5, 5.41) is 4.98. The zero-order valence-corrected chi connectivity index (χ0v) is 17.2. The number of rotatable bonds is 5. The minimum absolute atomic E-state index is 0.0607. The van der Waals surface area contributed by atoms with Crippen molar-refractivity contribution in [2.75, 3.05) is 32.7 Å². The number of piperazine rings is 1. The fourth-order valence-electron chi connectivity index (χ4n) is 3.91. The van der Waals surface area contributed by atoms with Gasteiger partial charge >= 0.3 is 0 Å². The molecule has 0 unspecified atom stereocenters. The van der Waals surface area contributed by atoms with Gasteiger partial charge in [-0.2, -0.15) is 4.31 Å². The quantitative estimate of drug-likeness (QED) is 0.822. The van der Waals surface area contributed by atoms with Gasteiger partial charge in [0.15, 0.2) is 0 Å². The van der Waals surface area contributed by atoms with E-state index in [1.54, 1.807) is 17.5 Å². The first kappa shape index (κ1) is 19.8. The lowest BCUT2D eigenvalue weighted by Crippen LogP contribution is -2.52. The number of nitrogens with zero attached hydrogens (tertiary/aromatic N) is 2. The Hall–Kier alpha value is -0.960.